The highest BCUT2D eigenvalue weighted by molar-refractivity contribution is 6.31. The number of nitrogens with one attached hydrogen (secondary N) is 1. The van der Waals surface area contributed by atoms with Crippen LogP contribution in [0.1, 0.15) is 45.3 Å². The van der Waals surface area contributed by atoms with Gasteiger partial charge >= 0.3 is 12.1 Å². The van der Waals surface area contributed by atoms with Crippen LogP contribution < -0.4 is 5.32 Å². The molecule has 3 rings (SSSR count). The molecule has 2 heterocycles. The summed E-state index contributed by atoms with van der Waals surface area (Å²) in [6.45, 7) is 1.50. The van der Waals surface area contributed by atoms with Crippen molar-refractivity contribution in [1.29, 1.82) is 0 Å². The van der Waals surface area contributed by atoms with Crippen LogP contribution in [0.25, 0.3) is 5.95 Å². The Morgan fingerprint density at radius 2 is 1.87 bits per heavy atom. The number of amides is 1. The number of nitrogens with zero attached hydrogens (tertiary/aromatic N) is 5. The van der Waals surface area contributed by atoms with Crippen molar-refractivity contribution in [2.45, 2.75) is 19.1 Å². The van der Waals surface area contributed by atoms with Crippen molar-refractivity contribution in [1.82, 2.24) is 30.0 Å². The number of methoxy groups -OCH3 is 1. The average Bonchev–Trinajstić information content (AvgIpc) is 3.18. The zero-order valence-electron chi connectivity index (χ0n) is 16.0. The molecule has 3 aromatic rings. The van der Waals surface area contributed by atoms with Crippen molar-refractivity contribution in [3.8, 4) is 5.95 Å². The Morgan fingerprint density at radius 3 is 2.48 bits per heavy atom. The number of benzene rings is 1. The van der Waals surface area contributed by atoms with E-state index in [1.54, 1.807) is 6.07 Å². The molecule has 0 bridgehead atoms. The first-order valence-electron chi connectivity index (χ1n) is 8.61. The van der Waals surface area contributed by atoms with E-state index in [1.807, 2.05) is 0 Å². The van der Waals surface area contributed by atoms with Gasteiger partial charge in [-0.1, -0.05) is 11.6 Å². The highest BCUT2D eigenvalue weighted by Crippen LogP contribution is 2.32. The van der Waals surface area contributed by atoms with E-state index >= 15 is 0 Å². The van der Waals surface area contributed by atoms with Crippen LogP contribution >= 0.6 is 11.6 Å². The number of hydrogen-bond donors (Lipinski definition) is 1. The summed E-state index contributed by atoms with van der Waals surface area (Å²) in [5.41, 5.74) is -1.37. The molecule has 0 saturated heterocycles. The van der Waals surface area contributed by atoms with Crippen LogP contribution in [0.15, 0.2) is 36.7 Å². The topological polar surface area (TPSA) is 112 Å². The van der Waals surface area contributed by atoms with Crippen LogP contribution in [-0.4, -0.2) is 43.7 Å². The Hall–Kier alpha value is -3.54. The number of carbonyl (C=O) groups excluding carboxylic acids is 2. The van der Waals surface area contributed by atoms with Gasteiger partial charge in [0.2, 0.25) is 0 Å². The van der Waals surface area contributed by atoms with Crippen LogP contribution in [0.3, 0.4) is 0 Å². The zero-order chi connectivity index (χ0) is 22.8. The molecule has 0 aliphatic rings. The van der Waals surface area contributed by atoms with Crippen molar-refractivity contribution in [2.24, 2.45) is 0 Å². The lowest BCUT2D eigenvalue weighted by Gasteiger charge is -2.15. The summed E-state index contributed by atoms with van der Waals surface area (Å²) < 4.78 is 44.8. The molecule has 1 unspecified atom stereocenters. The number of carbonyl (C=O) groups is 2. The first-order chi connectivity index (χ1) is 14.6. The van der Waals surface area contributed by atoms with E-state index in [0.29, 0.717) is 12.1 Å². The summed E-state index contributed by atoms with van der Waals surface area (Å²) >= 11 is 5.74. The lowest BCUT2D eigenvalue weighted by atomic mass is 10.1. The SMILES string of the molecule is COC(=O)c1nc(C(C)NC(=O)c2cc(Cl)cc(C(F)(F)F)c2)n(-c2ncccn2)n1. The van der Waals surface area contributed by atoms with Crippen molar-refractivity contribution in [2.75, 3.05) is 7.11 Å². The van der Waals surface area contributed by atoms with Crippen LogP contribution in [0.5, 0.6) is 0 Å². The van der Waals surface area contributed by atoms with Crippen LogP contribution in [0.4, 0.5) is 13.2 Å². The van der Waals surface area contributed by atoms with E-state index in [9.17, 15) is 22.8 Å². The molecule has 0 aliphatic heterocycles. The van der Waals surface area contributed by atoms with Crippen LogP contribution in [0.2, 0.25) is 5.02 Å². The number of ether oxygens (including phenoxy) is 1. The largest absolute Gasteiger partial charge is 0.463 e. The minimum absolute atomic E-state index is 0.0537. The second-order valence-corrected chi connectivity index (χ2v) is 6.60. The predicted molar refractivity (Wildman–Crippen MR) is 101 cm³/mol. The maximum Gasteiger partial charge on any atom is 0.416 e. The Balaban J connectivity index is 1.94. The van der Waals surface area contributed by atoms with Crippen molar-refractivity contribution in [3.63, 3.8) is 0 Å². The summed E-state index contributed by atoms with van der Waals surface area (Å²) in [6.07, 6.45) is -1.81. The highest BCUT2D eigenvalue weighted by Gasteiger charge is 2.32. The maximum absolute atomic E-state index is 13.0. The van der Waals surface area contributed by atoms with Gasteiger partial charge in [-0.3, -0.25) is 4.79 Å². The summed E-state index contributed by atoms with van der Waals surface area (Å²) in [6, 6.07) is 3.15. The van der Waals surface area contributed by atoms with E-state index in [4.69, 9.17) is 11.6 Å². The smallest absolute Gasteiger partial charge is 0.416 e. The van der Waals surface area contributed by atoms with E-state index < -0.39 is 29.7 Å². The molecule has 1 amide bonds. The Morgan fingerprint density at radius 1 is 1.19 bits per heavy atom. The van der Waals surface area contributed by atoms with Gasteiger partial charge in [-0.05, 0) is 31.2 Å². The molecule has 0 aliphatic carbocycles. The average molecular weight is 455 g/mol. The van der Waals surface area contributed by atoms with Gasteiger partial charge in [0.05, 0.1) is 18.7 Å². The summed E-state index contributed by atoms with van der Waals surface area (Å²) in [4.78, 5) is 36.5. The first kappa shape index (κ1) is 22.2. The lowest BCUT2D eigenvalue weighted by molar-refractivity contribution is -0.137. The summed E-state index contributed by atoms with van der Waals surface area (Å²) in [5.74, 6) is -1.88. The lowest BCUT2D eigenvalue weighted by Crippen LogP contribution is -2.29. The minimum atomic E-state index is -4.67. The van der Waals surface area contributed by atoms with Crippen molar-refractivity contribution in [3.05, 3.63) is 64.5 Å². The number of rotatable bonds is 5. The molecule has 31 heavy (non-hydrogen) atoms. The third-order valence-corrected chi connectivity index (χ3v) is 4.18. The third kappa shape index (κ3) is 4.97. The Kier molecular flexibility index (Phi) is 6.20. The standard InChI is InChI=1S/C18H14ClF3N6O3/c1-9(25-15(29)10-6-11(18(20,21)22)8-12(19)7-10)14-26-13(16(30)31-2)27-28(14)17-23-4-3-5-24-17/h3-9H,1-2H3,(H,25,29). The van der Waals surface area contributed by atoms with Gasteiger partial charge in [0.1, 0.15) is 0 Å². The molecule has 162 valence electrons. The second kappa shape index (κ2) is 8.68. The van der Waals surface area contributed by atoms with Gasteiger partial charge in [-0.25, -0.2) is 19.7 Å². The molecule has 2 aromatic heterocycles. The van der Waals surface area contributed by atoms with Crippen LogP contribution in [-0.2, 0) is 10.9 Å². The summed E-state index contributed by atoms with van der Waals surface area (Å²) in [7, 11) is 1.14. The Labute approximate surface area is 178 Å². The zero-order valence-corrected chi connectivity index (χ0v) is 16.8. The van der Waals surface area contributed by atoms with Gasteiger partial charge in [0, 0.05) is 23.0 Å². The molecule has 1 atom stereocenters. The summed E-state index contributed by atoms with van der Waals surface area (Å²) in [5, 5.41) is 6.25. The number of hydrogen-bond acceptors (Lipinski definition) is 7. The third-order valence-electron chi connectivity index (χ3n) is 3.96. The molecular formula is C18H14ClF3N6O3. The fraction of sp³-hybridized carbons (Fsp3) is 0.222. The van der Waals surface area contributed by atoms with Gasteiger partial charge < -0.3 is 10.1 Å². The first-order valence-corrected chi connectivity index (χ1v) is 8.99. The van der Waals surface area contributed by atoms with Crippen molar-refractivity contribution >= 4 is 23.5 Å². The van der Waals surface area contributed by atoms with E-state index in [2.05, 4.69) is 30.1 Å². The highest BCUT2D eigenvalue weighted by atomic mass is 35.5. The van der Waals surface area contributed by atoms with E-state index in [0.717, 1.165) is 17.9 Å². The monoisotopic (exact) mass is 454 g/mol. The molecule has 13 heteroatoms. The quantitative estimate of drug-likeness (QED) is 0.590. The number of aromatic nitrogens is 5. The Bertz CT molecular complexity index is 1120. The van der Waals surface area contributed by atoms with Crippen molar-refractivity contribution < 1.29 is 27.5 Å². The fourth-order valence-corrected chi connectivity index (χ4v) is 2.79. The van der Waals surface area contributed by atoms with Crippen LogP contribution in [0, 0.1) is 0 Å². The van der Waals surface area contributed by atoms with Gasteiger partial charge in [-0.2, -0.15) is 17.9 Å². The number of alkyl halides is 3. The van der Waals surface area contributed by atoms with Gasteiger partial charge in [0.15, 0.2) is 5.82 Å². The molecule has 0 fully saturated rings. The molecule has 0 saturated carbocycles. The van der Waals surface area contributed by atoms with Gasteiger partial charge in [-0.15, -0.1) is 5.10 Å². The van der Waals surface area contributed by atoms with E-state index in [1.165, 1.54) is 19.3 Å². The van der Waals surface area contributed by atoms with Gasteiger partial charge in [0.25, 0.3) is 17.7 Å². The maximum atomic E-state index is 13.0. The molecule has 0 radical (unpaired) electrons. The number of esters is 1. The second-order valence-electron chi connectivity index (χ2n) is 6.17. The molecular weight excluding hydrogens is 441 g/mol. The minimum Gasteiger partial charge on any atom is -0.463 e. The molecule has 0 spiro atoms. The molecule has 1 N–H and O–H groups in total. The van der Waals surface area contributed by atoms with E-state index in [-0.39, 0.29) is 28.2 Å². The molecule has 1 aromatic carbocycles. The number of halogens is 4. The normalized spacial score (nSPS) is 12.3. The fourth-order valence-electron chi connectivity index (χ4n) is 2.56. The predicted octanol–water partition coefficient (Wildman–Crippen LogP) is 3.01. The molecule has 9 nitrogen and oxygen atoms in total.